The molecule has 204 valence electrons. The summed E-state index contributed by atoms with van der Waals surface area (Å²) in [5, 5.41) is 17.1. The van der Waals surface area contributed by atoms with Crippen LogP contribution in [-0.4, -0.2) is 49.6 Å². The van der Waals surface area contributed by atoms with Crippen LogP contribution in [0, 0.1) is 11.8 Å². The van der Waals surface area contributed by atoms with Crippen molar-refractivity contribution >= 4 is 29.0 Å². The van der Waals surface area contributed by atoms with Gasteiger partial charge in [-0.1, -0.05) is 36.4 Å². The molecule has 0 heterocycles. The van der Waals surface area contributed by atoms with Gasteiger partial charge in [0.25, 0.3) is 0 Å². The number of Topliss-reactive ketones (excluding diaryl/α,β-unsaturated/α-hetero) is 1. The summed E-state index contributed by atoms with van der Waals surface area (Å²) < 4.78 is 16.0. The number of amides is 2. The molecule has 0 radical (unpaired) electrons. The maximum absolute atomic E-state index is 13.9. The lowest BCUT2D eigenvalue weighted by atomic mass is 9.61. The number of methoxy groups -OCH3 is 3. The lowest BCUT2D eigenvalue weighted by Crippen LogP contribution is -2.56. The first kappa shape index (κ1) is 27.7. The Bertz CT molecular complexity index is 1350. The maximum atomic E-state index is 13.9. The number of ether oxygens (including phenoxy) is 3. The van der Waals surface area contributed by atoms with Gasteiger partial charge in [0.05, 0.1) is 44.2 Å². The van der Waals surface area contributed by atoms with Gasteiger partial charge in [-0.3, -0.25) is 14.4 Å². The summed E-state index contributed by atoms with van der Waals surface area (Å²) >= 11 is 0. The van der Waals surface area contributed by atoms with Gasteiger partial charge in [0.15, 0.2) is 0 Å². The van der Waals surface area contributed by atoms with Gasteiger partial charge in [0.1, 0.15) is 28.9 Å². The number of para-hydroxylation sites is 4. The molecule has 0 unspecified atom stereocenters. The zero-order valence-electron chi connectivity index (χ0n) is 22.3. The summed E-state index contributed by atoms with van der Waals surface area (Å²) in [5.74, 6) is -3.62. The predicted molar refractivity (Wildman–Crippen MR) is 146 cm³/mol. The van der Waals surface area contributed by atoms with E-state index in [-0.39, 0.29) is 6.42 Å². The maximum Gasteiger partial charge on any atom is 0.235 e. The van der Waals surface area contributed by atoms with Crippen molar-refractivity contribution in [2.24, 2.45) is 11.8 Å². The molecule has 0 bridgehead atoms. The first-order valence-electron chi connectivity index (χ1n) is 12.5. The highest BCUT2D eigenvalue weighted by Crippen LogP contribution is 2.47. The number of ketones is 1. The minimum atomic E-state index is -1.74. The van der Waals surface area contributed by atoms with E-state index in [1.165, 1.54) is 28.3 Å². The van der Waals surface area contributed by atoms with Crippen LogP contribution < -0.4 is 24.8 Å². The molecule has 3 N–H and O–H groups in total. The number of hydrogen-bond donors (Lipinski definition) is 3. The third-order valence-corrected chi connectivity index (χ3v) is 7.06. The van der Waals surface area contributed by atoms with Crippen LogP contribution in [0.25, 0.3) is 0 Å². The van der Waals surface area contributed by atoms with E-state index in [1.807, 2.05) is 0 Å². The topological polar surface area (TPSA) is 123 Å². The molecule has 4 rings (SSSR count). The largest absolute Gasteiger partial charge is 0.497 e. The molecule has 1 aliphatic rings. The number of aliphatic hydroxyl groups is 1. The molecular formula is C30H32N2O7. The van der Waals surface area contributed by atoms with Crippen LogP contribution in [0.15, 0.2) is 72.8 Å². The van der Waals surface area contributed by atoms with Crippen molar-refractivity contribution < 1.29 is 33.7 Å². The zero-order valence-corrected chi connectivity index (χ0v) is 22.3. The van der Waals surface area contributed by atoms with Crippen molar-refractivity contribution in [3.05, 3.63) is 78.4 Å². The SMILES string of the molecule is COc1ccc([C@H]2[C@@H](C(=O)Nc3ccccc3OC)C(=O)C[C@@](C)(O)[C@@H]2C(=O)Nc2ccccc2OC)cc1. The highest BCUT2D eigenvalue weighted by Gasteiger charge is 2.56. The van der Waals surface area contributed by atoms with Gasteiger partial charge in [-0.2, -0.15) is 0 Å². The second-order valence-electron chi connectivity index (χ2n) is 9.63. The molecular weight excluding hydrogens is 500 g/mol. The van der Waals surface area contributed by atoms with E-state index in [0.29, 0.717) is 34.2 Å². The Balaban J connectivity index is 1.79. The quantitative estimate of drug-likeness (QED) is 0.374. The van der Waals surface area contributed by atoms with Crippen molar-refractivity contribution in [2.75, 3.05) is 32.0 Å². The summed E-state index contributed by atoms with van der Waals surface area (Å²) in [7, 11) is 4.49. The zero-order chi connectivity index (χ0) is 28.2. The smallest absolute Gasteiger partial charge is 0.235 e. The number of carbonyl (C=O) groups is 3. The van der Waals surface area contributed by atoms with E-state index in [0.717, 1.165) is 0 Å². The average Bonchev–Trinajstić information content (AvgIpc) is 2.92. The molecule has 9 heteroatoms. The first-order chi connectivity index (χ1) is 18.7. The number of nitrogens with one attached hydrogen (secondary N) is 2. The summed E-state index contributed by atoms with van der Waals surface area (Å²) in [5.41, 5.74) is -0.418. The molecule has 9 nitrogen and oxygen atoms in total. The Labute approximate surface area is 227 Å². The van der Waals surface area contributed by atoms with Crippen molar-refractivity contribution in [3.63, 3.8) is 0 Å². The van der Waals surface area contributed by atoms with Gasteiger partial charge in [0.2, 0.25) is 11.8 Å². The third kappa shape index (κ3) is 5.73. The highest BCUT2D eigenvalue weighted by atomic mass is 16.5. The Morgan fingerprint density at radius 1 is 0.795 bits per heavy atom. The number of benzene rings is 3. The van der Waals surface area contributed by atoms with E-state index < -0.39 is 41.0 Å². The van der Waals surface area contributed by atoms with Gasteiger partial charge in [-0.25, -0.2) is 0 Å². The normalized spacial score (nSPS) is 22.5. The van der Waals surface area contributed by atoms with E-state index in [9.17, 15) is 19.5 Å². The summed E-state index contributed by atoms with van der Waals surface area (Å²) in [6, 6.07) is 20.5. The number of hydrogen-bond acceptors (Lipinski definition) is 7. The molecule has 0 aliphatic heterocycles. The first-order valence-corrected chi connectivity index (χ1v) is 12.5. The monoisotopic (exact) mass is 532 g/mol. The molecule has 0 saturated heterocycles. The van der Waals surface area contributed by atoms with Gasteiger partial charge in [-0.05, 0) is 48.9 Å². The van der Waals surface area contributed by atoms with Crippen LogP contribution in [0.1, 0.15) is 24.8 Å². The Hall–Kier alpha value is -4.37. The van der Waals surface area contributed by atoms with Crippen LogP contribution >= 0.6 is 0 Å². The molecule has 2 amide bonds. The van der Waals surface area contributed by atoms with E-state index in [4.69, 9.17) is 14.2 Å². The van der Waals surface area contributed by atoms with Gasteiger partial charge < -0.3 is 30.0 Å². The van der Waals surface area contributed by atoms with Crippen LogP contribution in [0.5, 0.6) is 17.2 Å². The molecule has 1 aliphatic carbocycles. The summed E-state index contributed by atoms with van der Waals surface area (Å²) in [6.45, 7) is 1.45. The lowest BCUT2D eigenvalue weighted by Gasteiger charge is -2.44. The molecule has 0 spiro atoms. The van der Waals surface area contributed by atoms with Crippen molar-refractivity contribution in [2.45, 2.75) is 24.9 Å². The van der Waals surface area contributed by atoms with Crippen LogP contribution in [0.3, 0.4) is 0 Å². The molecule has 0 aromatic heterocycles. The lowest BCUT2D eigenvalue weighted by molar-refractivity contribution is -0.150. The van der Waals surface area contributed by atoms with Crippen LogP contribution in [0.4, 0.5) is 11.4 Å². The second kappa shape index (κ2) is 11.6. The van der Waals surface area contributed by atoms with E-state index in [1.54, 1.807) is 72.8 Å². The Morgan fingerprint density at radius 3 is 1.82 bits per heavy atom. The highest BCUT2D eigenvalue weighted by molar-refractivity contribution is 6.11. The van der Waals surface area contributed by atoms with Crippen molar-refractivity contribution in [1.29, 1.82) is 0 Å². The minimum Gasteiger partial charge on any atom is -0.497 e. The fourth-order valence-electron chi connectivity index (χ4n) is 5.23. The molecule has 3 aromatic carbocycles. The van der Waals surface area contributed by atoms with Crippen LogP contribution in [0.2, 0.25) is 0 Å². The fraction of sp³-hybridized carbons (Fsp3) is 0.300. The molecule has 1 saturated carbocycles. The van der Waals surface area contributed by atoms with Gasteiger partial charge in [-0.15, -0.1) is 0 Å². The Kier molecular flexibility index (Phi) is 8.21. The van der Waals surface area contributed by atoms with Gasteiger partial charge in [0, 0.05) is 12.3 Å². The van der Waals surface area contributed by atoms with Crippen LogP contribution in [-0.2, 0) is 14.4 Å². The number of rotatable bonds is 8. The number of anilines is 2. The third-order valence-electron chi connectivity index (χ3n) is 7.06. The Morgan fingerprint density at radius 2 is 1.31 bits per heavy atom. The second-order valence-corrected chi connectivity index (χ2v) is 9.63. The minimum absolute atomic E-state index is 0.381. The molecule has 3 aromatic rings. The molecule has 4 atom stereocenters. The predicted octanol–water partition coefficient (Wildman–Crippen LogP) is 4.03. The van der Waals surface area contributed by atoms with Crippen molar-refractivity contribution in [3.8, 4) is 17.2 Å². The average molecular weight is 533 g/mol. The fourth-order valence-corrected chi connectivity index (χ4v) is 5.23. The van der Waals surface area contributed by atoms with E-state index >= 15 is 0 Å². The molecule has 1 fully saturated rings. The number of carbonyl (C=O) groups excluding carboxylic acids is 3. The standard InChI is InChI=1S/C30H32N2O7/c1-30(36)17-22(33)26(28(34)31-20-9-5-7-11-23(20)38-3)25(18-13-15-19(37-2)16-14-18)27(30)29(35)32-21-10-6-8-12-24(21)39-4/h5-16,25-27,36H,17H2,1-4H3,(H,31,34)(H,32,35)/t25-,26-,27-,30+/m0/s1. The molecule has 39 heavy (non-hydrogen) atoms. The van der Waals surface area contributed by atoms with Gasteiger partial charge >= 0.3 is 0 Å². The van der Waals surface area contributed by atoms with Crippen molar-refractivity contribution in [1.82, 2.24) is 0 Å². The summed E-state index contributed by atoms with van der Waals surface area (Å²) in [4.78, 5) is 41.1. The van der Waals surface area contributed by atoms with E-state index in [2.05, 4.69) is 10.6 Å². The summed E-state index contributed by atoms with van der Waals surface area (Å²) in [6.07, 6.45) is -0.381.